The van der Waals surface area contributed by atoms with E-state index in [9.17, 15) is 0 Å². The average molecular weight is 432 g/mol. The SMILES string of the molecule is C=CCNC(=NCc1nnc(C)n1C)NC1CCCC(C)C1.I. The molecule has 7 heteroatoms. The van der Waals surface area contributed by atoms with E-state index in [1.54, 1.807) is 0 Å². The van der Waals surface area contributed by atoms with E-state index in [4.69, 9.17) is 0 Å². The van der Waals surface area contributed by atoms with Crippen molar-refractivity contribution in [3.63, 3.8) is 0 Å². The van der Waals surface area contributed by atoms with Gasteiger partial charge in [0.25, 0.3) is 0 Å². The van der Waals surface area contributed by atoms with Crippen LogP contribution in [0.4, 0.5) is 0 Å². The summed E-state index contributed by atoms with van der Waals surface area (Å²) >= 11 is 0. The summed E-state index contributed by atoms with van der Waals surface area (Å²) in [5, 5.41) is 15.1. The number of aromatic nitrogens is 3. The largest absolute Gasteiger partial charge is 0.354 e. The molecule has 0 radical (unpaired) electrons. The molecule has 1 aromatic rings. The standard InChI is InChI=1S/C16H28N6.HI/c1-5-9-17-16(19-14-8-6-7-12(2)10-14)18-11-15-21-20-13(3)22(15)4;/h5,12,14H,1,6-11H2,2-4H3,(H2,17,18,19);1H. The van der Waals surface area contributed by atoms with E-state index < -0.39 is 0 Å². The van der Waals surface area contributed by atoms with Crippen LogP contribution in [0.25, 0.3) is 0 Å². The maximum atomic E-state index is 4.65. The second kappa shape index (κ2) is 9.89. The zero-order chi connectivity index (χ0) is 15.9. The molecule has 23 heavy (non-hydrogen) atoms. The molecule has 2 rings (SSSR count). The van der Waals surface area contributed by atoms with E-state index in [0.717, 1.165) is 23.5 Å². The summed E-state index contributed by atoms with van der Waals surface area (Å²) < 4.78 is 1.97. The predicted octanol–water partition coefficient (Wildman–Crippen LogP) is 2.54. The smallest absolute Gasteiger partial charge is 0.192 e. The first kappa shape index (κ1) is 19.9. The summed E-state index contributed by atoms with van der Waals surface area (Å²) in [6.07, 6.45) is 6.88. The van der Waals surface area contributed by atoms with Crippen molar-refractivity contribution in [1.82, 2.24) is 25.4 Å². The first-order chi connectivity index (χ1) is 10.6. The second-order valence-electron chi connectivity index (χ2n) is 6.17. The van der Waals surface area contributed by atoms with Gasteiger partial charge in [-0.3, -0.25) is 0 Å². The first-order valence-electron chi connectivity index (χ1n) is 8.10. The highest BCUT2D eigenvalue weighted by molar-refractivity contribution is 14.0. The Morgan fingerprint density at radius 1 is 1.43 bits per heavy atom. The maximum Gasteiger partial charge on any atom is 0.192 e. The summed E-state index contributed by atoms with van der Waals surface area (Å²) in [6, 6.07) is 0.501. The Morgan fingerprint density at radius 2 is 2.22 bits per heavy atom. The van der Waals surface area contributed by atoms with Gasteiger partial charge in [-0.1, -0.05) is 25.8 Å². The molecule has 1 fully saturated rings. The van der Waals surface area contributed by atoms with Crippen LogP contribution in [0.1, 0.15) is 44.3 Å². The van der Waals surface area contributed by atoms with Crippen molar-refractivity contribution in [2.45, 2.75) is 52.1 Å². The number of hydrogen-bond acceptors (Lipinski definition) is 3. The maximum absolute atomic E-state index is 4.65. The van der Waals surface area contributed by atoms with E-state index in [2.05, 4.69) is 39.3 Å². The van der Waals surface area contributed by atoms with Gasteiger partial charge in [0.1, 0.15) is 12.4 Å². The Balaban J connectivity index is 0.00000264. The molecule has 0 spiro atoms. The number of halogens is 1. The number of nitrogens with one attached hydrogen (secondary N) is 2. The minimum atomic E-state index is 0. The van der Waals surface area contributed by atoms with Gasteiger partial charge in [0.05, 0.1) is 0 Å². The number of rotatable bonds is 5. The molecule has 1 aromatic heterocycles. The van der Waals surface area contributed by atoms with Crippen LogP contribution in [-0.4, -0.2) is 33.3 Å². The van der Waals surface area contributed by atoms with Crippen molar-refractivity contribution in [2.24, 2.45) is 18.0 Å². The molecular formula is C16H29IN6. The van der Waals surface area contributed by atoms with Crippen molar-refractivity contribution in [3.8, 4) is 0 Å². The highest BCUT2D eigenvalue weighted by Gasteiger charge is 2.19. The lowest BCUT2D eigenvalue weighted by Crippen LogP contribution is -2.45. The second-order valence-corrected chi connectivity index (χ2v) is 6.17. The zero-order valence-corrected chi connectivity index (χ0v) is 16.7. The lowest BCUT2D eigenvalue weighted by molar-refractivity contribution is 0.324. The summed E-state index contributed by atoms with van der Waals surface area (Å²) in [6.45, 7) is 9.24. The van der Waals surface area contributed by atoms with Crippen molar-refractivity contribution < 1.29 is 0 Å². The lowest BCUT2D eigenvalue weighted by atomic mass is 9.87. The van der Waals surface area contributed by atoms with Crippen molar-refractivity contribution >= 4 is 29.9 Å². The molecule has 1 heterocycles. The summed E-state index contributed by atoms with van der Waals surface area (Å²) in [4.78, 5) is 4.65. The Kier molecular flexibility index (Phi) is 8.57. The quantitative estimate of drug-likeness (QED) is 0.325. The van der Waals surface area contributed by atoms with Gasteiger partial charge in [-0.25, -0.2) is 4.99 Å². The van der Waals surface area contributed by atoms with Crippen LogP contribution in [0, 0.1) is 12.8 Å². The predicted molar refractivity (Wildman–Crippen MR) is 105 cm³/mol. The molecule has 6 nitrogen and oxygen atoms in total. The number of aryl methyl sites for hydroxylation is 1. The molecule has 0 aromatic carbocycles. The van der Waals surface area contributed by atoms with E-state index in [0.29, 0.717) is 19.1 Å². The van der Waals surface area contributed by atoms with Gasteiger partial charge in [0.2, 0.25) is 0 Å². The highest BCUT2D eigenvalue weighted by Crippen LogP contribution is 2.23. The minimum Gasteiger partial charge on any atom is -0.354 e. The average Bonchev–Trinajstić information content (AvgIpc) is 2.82. The van der Waals surface area contributed by atoms with Crippen molar-refractivity contribution in [3.05, 3.63) is 24.3 Å². The number of guanidine groups is 1. The lowest BCUT2D eigenvalue weighted by Gasteiger charge is -2.28. The Labute approximate surface area is 156 Å². The molecule has 2 unspecified atom stereocenters. The zero-order valence-electron chi connectivity index (χ0n) is 14.4. The fourth-order valence-corrected chi connectivity index (χ4v) is 2.82. The van der Waals surface area contributed by atoms with Gasteiger partial charge in [0, 0.05) is 19.6 Å². The van der Waals surface area contributed by atoms with Crippen molar-refractivity contribution in [1.29, 1.82) is 0 Å². The number of nitrogens with zero attached hydrogens (tertiary/aromatic N) is 4. The summed E-state index contributed by atoms with van der Waals surface area (Å²) in [7, 11) is 1.97. The van der Waals surface area contributed by atoms with Crippen LogP contribution in [0.2, 0.25) is 0 Å². The van der Waals surface area contributed by atoms with Gasteiger partial charge >= 0.3 is 0 Å². The van der Waals surface area contributed by atoms with Crippen molar-refractivity contribution in [2.75, 3.05) is 6.54 Å². The molecule has 1 saturated carbocycles. The third-order valence-electron chi connectivity index (χ3n) is 4.25. The Morgan fingerprint density at radius 3 is 2.83 bits per heavy atom. The fourth-order valence-electron chi connectivity index (χ4n) is 2.82. The highest BCUT2D eigenvalue weighted by atomic mass is 127. The van der Waals surface area contributed by atoms with Crippen LogP contribution >= 0.6 is 24.0 Å². The van der Waals surface area contributed by atoms with E-state index >= 15 is 0 Å². The molecule has 130 valence electrons. The third kappa shape index (κ3) is 6.12. The molecule has 1 aliphatic carbocycles. The molecule has 0 aliphatic heterocycles. The Bertz CT molecular complexity index is 525. The van der Waals surface area contributed by atoms with E-state index in [1.807, 2.05) is 24.6 Å². The van der Waals surface area contributed by atoms with Crippen LogP contribution in [-0.2, 0) is 13.6 Å². The molecule has 2 N–H and O–H groups in total. The van der Waals surface area contributed by atoms with Gasteiger partial charge in [-0.2, -0.15) is 0 Å². The number of hydrogen-bond donors (Lipinski definition) is 2. The summed E-state index contributed by atoms with van der Waals surface area (Å²) in [5.41, 5.74) is 0. The molecule has 1 aliphatic rings. The van der Waals surface area contributed by atoms with E-state index in [-0.39, 0.29) is 24.0 Å². The third-order valence-corrected chi connectivity index (χ3v) is 4.25. The normalized spacial score (nSPS) is 21.4. The van der Waals surface area contributed by atoms with Gasteiger partial charge in [0.15, 0.2) is 11.8 Å². The molecule has 0 amide bonds. The van der Waals surface area contributed by atoms with Crippen LogP contribution < -0.4 is 10.6 Å². The fraction of sp³-hybridized carbons (Fsp3) is 0.688. The first-order valence-corrected chi connectivity index (χ1v) is 8.10. The van der Waals surface area contributed by atoms with Crippen LogP contribution in [0.15, 0.2) is 17.6 Å². The van der Waals surface area contributed by atoms with E-state index in [1.165, 1.54) is 25.7 Å². The number of aliphatic imine (C=N–C) groups is 1. The Hall–Kier alpha value is -1.12. The van der Waals surface area contributed by atoms with Gasteiger partial charge in [-0.15, -0.1) is 40.8 Å². The molecule has 0 saturated heterocycles. The molecular weight excluding hydrogens is 403 g/mol. The summed E-state index contributed by atoms with van der Waals surface area (Å²) in [5.74, 6) is 3.39. The van der Waals surface area contributed by atoms with Gasteiger partial charge in [-0.05, 0) is 25.7 Å². The molecule has 2 atom stereocenters. The monoisotopic (exact) mass is 432 g/mol. The minimum absolute atomic E-state index is 0. The molecule has 0 bridgehead atoms. The van der Waals surface area contributed by atoms with Gasteiger partial charge < -0.3 is 15.2 Å². The van der Waals surface area contributed by atoms with Crippen LogP contribution in [0.3, 0.4) is 0 Å². The van der Waals surface area contributed by atoms with Crippen LogP contribution in [0.5, 0.6) is 0 Å². The topological polar surface area (TPSA) is 67.1 Å².